The van der Waals surface area contributed by atoms with E-state index in [1.165, 1.54) is 6.08 Å². The van der Waals surface area contributed by atoms with E-state index in [1.807, 2.05) is 6.07 Å². The maximum absolute atomic E-state index is 12.6. The number of nitriles is 1. The molecule has 226 valence electrons. The third-order valence-electron chi connectivity index (χ3n) is 9.30. The minimum Gasteiger partial charge on any atom is -0.476 e. The molecule has 6 rings (SSSR count). The first-order valence-electron chi connectivity index (χ1n) is 15.1. The maximum atomic E-state index is 12.6. The summed E-state index contributed by atoms with van der Waals surface area (Å²) in [6.07, 6.45) is 7.21. The van der Waals surface area contributed by atoms with Crippen LogP contribution in [0.5, 0.6) is 5.88 Å². The molecule has 6 heterocycles. The number of carbonyl (C=O) groups excluding carboxylic acids is 2. The van der Waals surface area contributed by atoms with Gasteiger partial charge in [-0.2, -0.15) is 5.26 Å². The molecule has 0 bridgehead atoms. The lowest BCUT2D eigenvalue weighted by Gasteiger charge is -2.43. The van der Waals surface area contributed by atoms with Crippen LogP contribution in [-0.4, -0.2) is 102 Å². The Bertz CT molecular complexity index is 1460. The summed E-state index contributed by atoms with van der Waals surface area (Å²) in [5.74, 6) is 1.25. The van der Waals surface area contributed by atoms with Crippen molar-refractivity contribution in [3.63, 3.8) is 0 Å². The van der Waals surface area contributed by atoms with Crippen molar-refractivity contribution >= 4 is 29.0 Å². The number of piperazine rings is 1. The van der Waals surface area contributed by atoms with Gasteiger partial charge in [0.2, 0.25) is 17.7 Å². The fourth-order valence-electron chi connectivity index (χ4n) is 6.84. The van der Waals surface area contributed by atoms with Gasteiger partial charge in [0.15, 0.2) is 5.82 Å². The number of rotatable bonds is 7. The number of aromatic nitrogens is 3. The van der Waals surface area contributed by atoms with Crippen molar-refractivity contribution in [1.29, 1.82) is 5.26 Å². The Morgan fingerprint density at radius 3 is 2.74 bits per heavy atom. The van der Waals surface area contributed by atoms with Crippen molar-refractivity contribution in [3.05, 3.63) is 42.0 Å². The van der Waals surface area contributed by atoms with Crippen LogP contribution in [0.1, 0.15) is 42.6 Å². The van der Waals surface area contributed by atoms with Gasteiger partial charge < -0.3 is 29.2 Å². The van der Waals surface area contributed by atoms with Gasteiger partial charge in [-0.05, 0) is 38.9 Å². The van der Waals surface area contributed by atoms with Gasteiger partial charge in [0.1, 0.15) is 18.6 Å². The number of amides is 2. The van der Waals surface area contributed by atoms with Crippen molar-refractivity contribution in [2.45, 2.75) is 57.2 Å². The summed E-state index contributed by atoms with van der Waals surface area (Å²) in [5, 5.41) is 9.53. The molecule has 0 saturated carbocycles. The normalized spacial score (nSPS) is 22.2. The molecule has 0 aliphatic carbocycles. The van der Waals surface area contributed by atoms with E-state index < -0.39 is 0 Å². The fourth-order valence-corrected chi connectivity index (χ4v) is 6.84. The number of likely N-dealkylation sites (tertiary alicyclic amines) is 1. The average molecular weight is 586 g/mol. The molecule has 4 aliphatic heterocycles. The van der Waals surface area contributed by atoms with E-state index >= 15 is 0 Å². The largest absolute Gasteiger partial charge is 0.476 e. The van der Waals surface area contributed by atoms with E-state index in [4.69, 9.17) is 9.72 Å². The van der Waals surface area contributed by atoms with Crippen LogP contribution < -0.4 is 19.4 Å². The number of hydrogen-bond acceptors (Lipinski definition) is 10. The molecule has 2 atom stereocenters. The highest BCUT2D eigenvalue weighted by molar-refractivity contribution is 5.98. The molecule has 0 radical (unpaired) electrons. The predicted molar refractivity (Wildman–Crippen MR) is 162 cm³/mol. The molecule has 2 aromatic heterocycles. The predicted octanol–water partition coefficient (Wildman–Crippen LogP) is 1.93. The van der Waals surface area contributed by atoms with E-state index in [1.54, 1.807) is 23.2 Å². The molecule has 0 aromatic carbocycles. The summed E-state index contributed by atoms with van der Waals surface area (Å²) in [4.78, 5) is 49.5. The number of aryl methyl sites for hydroxylation is 1. The molecule has 0 unspecified atom stereocenters. The van der Waals surface area contributed by atoms with Gasteiger partial charge >= 0.3 is 0 Å². The quantitative estimate of drug-likeness (QED) is 0.446. The van der Waals surface area contributed by atoms with Crippen LogP contribution in [0.3, 0.4) is 0 Å². The molecule has 0 spiro atoms. The maximum Gasteiger partial charge on any atom is 0.246 e. The third-order valence-corrected chi connectivity index (χ3v) is 9.30. The summed E-state index contributed by atoms with van der Waals surface area (Å²) in [6, 6.07) is 4.42. The van der Waals surface area contributed by atoms with Crippen molar-refractivity contribution < 1.29 is 14.3 Å². The zero-order chi connectivity index (χ0) is 30.1. The van der Waals surface area contributed by atoms with Crippen LogP contribution in [0, 0.1) is 11.3 Å². The van der Waals surface area contributed by atoms with E-state index in [0.717, 1.165) is 60.0 Å². The standard InChI is InChI=1S/C31H39N9O3/c1-4-28(41)40-15-14-38(17-21(40)9-11-32)26-16-27(43-19-22-6-5-12-36(22)2)35-25-18-39(13-10-23(25)26)31-30-24(33-20-34-31)7-8-29(42)37(30)3/h4,16,20-22H,1,5-10,12-15,17-19H2,2-3H3/t21-,22-/m0/s1. The molecule has 2 fully saturated rings. The molecule has 4 aliphatic rings. The second-order valence-corrected chi connectivity index (χ2v) is 11.8. The SMILES string of the molecule is C=CC(=O)N1CCN(c2cc(OC[C@@H]3CCCN3C)nc3c2CCN(c2ncnc4c2N(C)C(=O)CC4)C3)C[C@@H]1CC#N. The van der Waals surface area contributed by atoms with Crippen LogP contribution >= 0.6 is 0 Å². The van der Waals surface area contributed by atoms with Crippen molar-refractivity contribution in [2.24, 2.45) is 0 Å². The van der Waals surface area contributed by atoms with Crippen LogP contribution in [0.15, 0.2) is 25.0 Å². The Labute approximate surface area is 252 Å². The smallest absolute Gasteiger partial charge is 0.246 e. The molecule has 43 heavy (non-hydrogen) atoms. The molecule has 2 saturated heterocycles. The molecular formula is C31H39N9O3. The average Bonchev–Trinajstić information content (AvgIpc) is 3.44. The Morgan fingerprint density at radius 2 is 1.98 bits per heavy atom. The van der Waals surface area contributed by atoms with Crippen LogP contribution in [0.2, 0.25) is 0 Å². The molecule has 2 aromatic rings. The van der Waals surface area contributed by atoms with Crippen molar-refractivity contribution in [1.82, 2.24) is 24.8 Å². The Hall–Kier alpha value is -4.24. The van der Waals surface area contributed by atoms with E-state index in [-0.39, 0.29) is 24.3 Å². The summed E-state index contributed by atoms with van der Waals surface area (Å²) >= 11 is 0. The Kier molecular flexibility index (Phi) is 8.17. The number of hydrogen-bond donors (Lipinski definition) is 0. The lowest BCUT2D eigenvalue weighted by atomic mass is 9.99. The van der Waals surface area contributed by atoms with Gasteiger partial charge in [-0.3, -0.25) is 9.59 Å². The second kappa shape index (κ2) is 12.2. The number of likely N-dealkylation sites (N-methyl/N-ethyl adjacent to an activating group) is 1. The molecule has 12 heteroatoms. The van der Waals surface area contributed by atoms with Gasteiger partial charge in [0.25, 0.3) is 0 Å². The first-order chi connectivity index (χ1) is 20.9. The summed E-state index contributed by atoms with van der Waals surface area (Å²) < 4.78 is 6.37. The zero-order valence-corrected chi connectivity index (χ0v) is 25.0. The molecule has 0 N–H and O–H groups in total. The molecule has 12 nitrogen and oxygen atoms in total. The highest BCUT2D eigenvalue weighted by Gasteiger charge is 2.34. The second-order valence-electron chi connectivity index (χ2n) is 11.8. The summed E-state index contributed by atoms with van der Waals surface area (Å²) in [6.45, 7) is 8.21. The molecular weight excluding hydrogens is 546 g/mol. The van der Waals surface area contributed by atoms with Gasteiger partial charge in [0, 0.05) is 69.4 Å². The Balaban J connectivity index is 1.33. The van der Waals surface area contributed by atoms with E-state index in [0.29, 0.717) is 64.1 Å². The summed E-state index contributed by atoms with van der Waals surface area (Å²) in [5.41, 5.74) is 4.77. The number of anilines is 3. The number of nitrogens with zero attached hydrogens (tertiary/aromatic N) is 9. The van der Waals surface area contributed by atoms with E-state index in [9.17, 15) is 14.9 Å². The monoisotopic (exact) mass is 585 g/mol. The van der Waals surface area contributed by atoms with Crippen LogP contribution in [0.25, 0.3) is 0 Å². The van der Waals surface area contributed by atoms with Gasteiger partial charge in [-0.15, -0.1) is 0 Å². The number of ether oxygens (including phenoxy) is 1. The third kappa shape index (κ3) is 5.61. The number of carbonyl (C=O) groups is 2. The number of pyridine rings is 1. The van der Waals surface area contributed by atoms with Crippen molar-refractivity contribution in [2.75, 3.05) is 68.1 Å². The summed E-state index contributed by atoms with van der Waals surface area (Å²) in [7, 11) is 3.93. The Morgan fingerprint density at radius 1 is 1.12 bits per heavy atom. The van der Waals surface area contributed by atoms with Gasteiger partial charge in [0.05, 0.1) is 36.5 Å². The zero-order valence-electron chi connectivity index (χ0n) is 25.0. The van der Waals surface area contributed by atoms with E-state index in [2.05, 4.69) is 44.4 Å². The lowest BCUT2D eigenvalue weighted by Crippen LogP contribution is -2.55. The minimum absolute atomic E-state index is 0.0648. The van der Waals surface area contributed by atoms with Crippen LogP contribution in [0.4, 0.5) is 17.2 Å². The van der Waals surface area contributed by atoms with Crippen LogP contribution in [-0.2, 0) is 29.0 Å². The van der Waals surface area contributed by atoms with Crippen molar-refractivity contribution in [3.8, 4) is 11.9 Å². The topological polar surface area (TPSA) is 122 Å². The fraction of sp³-hybridized carbons (Fsp3) is 0.548. The first kappa shape index (κ1) is 28.9. The minimum atomic E-state index is -0.231. The lowest BCUT2D eigenvalue weighted by molar-refractivity contribution is -0.128. The van der Waals surface area contributed by atoms with Gasteiger partial charge in [-0.25, -0.2) is 15.0 Å². The highest BCUT2D eigenvalue weighted by atomic mass is 16.5. The van der Waals surface area contributed by atoms with Gasteiger partial charge in [-0.1, -0.05) is 6.58 Å². The highest BCUT2D eigenvalue weighted by Crippen LogP contribution is 2.38. The number of fused-ring (bicyclic) bond motifs is 2. The first-order valence-corrected chi connectivity index (χ1v) is 15.1. The molecule has 2 amide bonds.